The zero-order valence-corrected chi connectivity index (χ0v) is 14.0. The molecule has 0 radical (unpaired) electrons. The first-order valence-electron chi connectivity index (χ1n) is 8.83. The summed E-state index contributed by atoms with van der Waals surface area (Å²) in [5.41, 5.74) is 2.92. The zero-order valence-electron chi connectivity index (χ0n) is 14.0. The van der Waals surface area contributed by atoms with E-state index in [1.54, 1.807) is 0 Å². The number of piperazine rings is 1. The van der Waals surface area contributed by atoms with Crippen LogP contribution in [0.2, 0.25) is 0 Å². The lowest BCUT2D eigenvalue weighted by Gasteiger charge is -2.36. The highest BCUT2D eigenvalue weighted by Crippen LogP contribution is 2.40. The van der Waals surface area contributed by atoms with Gasteiger partial charge in [0.15, 0.2) is 5.69 Å². The van der Waals surface area contributed by atoms with E-state index in [0.717, 1.165) is 38.1 Å². The summed E-state index contributed by atoms with van der Waals surface area (Å²) >= 11 is 0. The number of aromatic nitrogens is 1. The smallest absolute Gasteiger partial charge is 0.276 e. The third-order valence-corrected chi connectivity index (χ3v) is 5.00. The second kappa shape index (κ2) is 6.40. The number of nitrogens with zero attached hydrogens (tertiary/aromatic N) is 2. The predicted molar refractivity (Wildman–Crippen MR) is 90.9 cm³/mol. The lowest BCUT2D eigenvalue weighted by Crippen LogP contribution is -2.48. The molecule has 5 nitrogen and oxygen atoms in total. The maximum absolute atomic E-state index is 12.9. The van der Waals surface area contributed by atoms with E-state index in [1.165, 1.54) is 11.1 Å². The Bertz CT molecular complexity index is 718. The van der Waals surface area contributed by atoms with Crippen molar-refractivity contribution < 1.29 is 9.32 Å². The van der Waals surface area contributed by atoms with Gasteiger partial charge in [-0.3, -0.25) is 4.79 Å². The Morgan fingerprint density at radius 1 is 1.33 bits per heavy atom. The SMILES string of the molecule is CCc1ccc(C2CNCCN2C(=O)c2cc(C3CC3)on2)cc1. The second-order valence-electron chi connectivity index (χ2n) is 6.70. The fraction of sp³-hybridized carbons (Fsp3) is 0.474. The lowest BCUT2D eigenvalue weighted by atomic mass is 10.0. The molecule has 1 aromatic carbocycles. The Morgan fingerprint density at radius 3 is 2.83 bits per heavy atom. The van der Waals surface area contributed by atoms with Crippen LogP contribution in [-0.2, 0) is 6.42 Å². The molecule has 2 aromatic rings. The number of amides is 1. The van der Waals surface area contributed by atoms with E-state index >= 15 is 0 Å². The molecule has 2 fully saturated rings. The number of nitrogens with one attached hydrogen (secondary N) is 1. The van der Waals surface area contributed by atoms with Crippen LogP contribution in [0.4, 0.5) is 0 Å². The molecule has 0 bridgehead atoms. The van der Waals surface area contributed by atoms with E-state index < -0.39 is 0 Å². The van der Waals surface area contributed by atoms with Crippen LogP contribution in [0.25, 0.3) is 0 Å². The number of carbonyl (C=O) groups is 1. The van der Waals surface area contributed by atoms with Gasteiger partial charge in [0.1, 0.15) is 5.76 Å². The van der Waals surface area contributed by atoms with Crippen molar-refractivity contribution in [1.29, 1.82) is 0 Å². The van der Waals surface area contributed by atoms with Crippen LogP contribution >= 0.6 is 0 Å². The van der Waals surface area contributed by atoms with Crippen molar-refractivity contribution in [3.63, 3.8) is 0 Å². The van der Waals surface area contributed by atoms with E-state index in [-0.39, 0.29) is 11.9 Å². The van der Waals surface area contributed by atoms with Crippen molar-refractivity contribution in [2.75, 3.05) is 19.6 Å². The Kier molecular flexibility index (Phi) is 4.10. The molecule has 1 amide bonds. The summed E-state index contributed by atoms with van der Waals surface area (Å²) in [6, 6.07) is 10.4. The van der Waals surface area contributed by atoms with Crippen LogP contribution in [0, 0.1) is 0 Å². The number of rotatable bonds is 4. The molecule has 126 valence electrons. The molecule has 1 saturated carbocycles. The van der Waals surface area contributed by atoms with Crippen molar-refractivity contribution >= 4 is 5.91 Å². The van der Waals surface area contributed by atoms with Crippen LogP contribution in [-0.4, -0.2) is 35.6 Å². The largest absolute Gasteiger partial charge is 0.360 e. The van der Waals surface area contributed by atoms with E-state index in [4.69, 9.17) is 4.52 Å². The summed E-state index contributed by atoms with van der Waals surface area (Å²) in [4.78, 5) is 14.9. The fourth-order valence-electron chi connectivity index (χ4n) is 3.32. The van der Waals surface area contributed by atoms with Gasteiger partial charge in [0, 0.05) is 31.6 Å². The molecule has 1 saturated heterocycles. The summed E-state index contributed by atoms with van der Waals surface area (Å²) in [7, 11) is 0. The molecular formula is C19H23N3O2. The second-order valence-corrected chi connectivity index (χ2v) is 6.70. The van der Waals surface area contributed by atoms with Crippen LogP contribution in [0.1, 0.15) is 59.1 Å². The van der Waals surface area contributed by atoms with Gasteiger partial charge in [-0.1, -0.05) is 36.3 Å². The van der Waals surface area contributed by atoms with Gasteiger partial charge in [0.2, 0.25) is 0 Å². The average molecular weight is 325 g/mol. The first-order valence-corrected chi connectivity index (χ1v) is 8.83. The maximum Gasteiger partial charge on any atom is 0.276 e. The van der Waals surface area contributed by atoms with Gasteiger partial charge in [-0.15, -0.1) is 0 Å². The van der Waals surface area contributed by atoms with Crippen molar-refractivity contribution in [2.45, 2.75) is 38.1 Å². The highest BCUT2D eigenvalue weighted by atomic mass is 16.5. The number of hydrogen-bond acceptors (Lipinski definition) is 4. The third-order valence-electron chi connectivity index (χ3n) is 5.00. The van der Waals surface area contributed by atoms with E-state index in [1.807, 2.05) is 11.0 Å². The van der Waals surface area contributed by atoms with Gasteiger partial charge in [0.05, 0.1) is 6.04 Å². The van der Waals surface area contributed by atoms with E-state index in [9.17, 15) is 4.79 Å². The predicted octanol–water partition coefficient (Wildman–Crippen LogP) is 2.90. The molecule has 1 aromatic heterocycles. The molecule has 1 N–H and O–H groups in total. The van der Waals surface area contributed by atoms with Gasteiger partial charge >= 0.3 is 0 Å². The number of carbonyl (C=O) groups excluding carboxylic acids is 1. The minimum atomic E-state index is -0.0308. The minimum absolute atomic E-state index is 0.0308. The molecule has 24 heavy (non-hydrogen) atoms. The Morgan fingerprint density at radius 2 is 2.12 bits per heavy atom. The van der Waals surface area contributed by atoms with Crippen LogP contribution in [0.5, 0.6) is 0 Å². The fourth-order valence-corrected chi connectivity index (χ4v) is 3.32. The maximum atomic E-state index is 12.9. The van der Waals surface area contributed by atoms with Crippen LogP contribution in [0.15, 0.2) is 34.9 Å². The monoisotopic (exact) mass is 325 g/mol. The van der Waals surface area contributed by atoms with Crippen molar-refractivity contribution in [3.05, 3.63) is 52.9 Å². The first kappa shape index (κ1) is 15.4. The van der Waals surface area contributed by atoms with Gasteiger partial charge in [-0.05, 0) is 30.4 Å². The standard InChI is InChI=1S/C19H23N3O2/c1-2-13-3-5-14(6-4-13)17-12-20-9-10-22(17)19(23)16-11-18(24-21-16)15-7-8-15/h3-6,11,15,17,20H,2,7-10,12H2,1H3. The Hall–Kier alpha value is -2.14. The van der Waals surface area contributed by atoms with Crippen LogP contribution in [0.3, 0.4) is 0 Å². The first-order chi connectivity index (χ1) is 11.8. The van der Waals surface area contributed by atoms with Crippen molar-refractivity contribution in [1.82, 2.24) is 15.4 Å². The summed E-state index contributed by atoms with van der Waals surface area (Å²) in [6.07, 6.45) is 3.31. The topological polar surface area (TPSA) is 58.4 Å². The molecule has 0 spiro atoms. The molecule has 2 aliphatic rings. The Labute approximate surface area is 142 Å². The van der Waals surface area contributed by atoms with Crippen molar-refractivity contribution in [2.24, 2.45) is 0 Å². The molecule has 2 heterocycles. The lowest BCUT2D eigenvalue weighted by molar-refractivity contribution is 0.0623. The minimum Gasteiger partial charge on any atom is -0.360 e. The summed E-state index contributed by atoms with van der Waals surface area (Å²) < 4.78 is 5.36. The van der Waals surface area contributed by atoms with Gasteiger partial charge in [-0.2, -0.15) is 0 Å². The molecule has 1 aliphatic heterocycles. The highest BCUT2D eigenvalue weighted by Gasteiger charge is 2.33. The van der Waals surface area contributed by atoms with Crippen molar-refractivity contribution in [3.8, 4) is 0 Å². The average Bonchev–Trinajstić information content (AvgIpc) is 3.38. The normalized spacial score (nSPS) is 21.0. The van der Waals surface area contributed by atoms with Gasteiger partial charge in [-0.25, -0.2) is 0 Å². The molecular weight excluding hydrogens is 302 g/mol. The third kappa shape index (κ3) is 2.96. The molecule has 1 atom stereocenters. The number of aryl methyl sites for hydroxylation is 1. The zero-order chi connectivity index (χ0) is 16.5. The molecule has 4 rings (SSSR count). The van der Waals surface area contributed by atoms with Crippen LogP contribution < -0.4 is 5.32 Å². The summed E-state index contributed by atoms with van der Waals surface area (Å²) in [6.45, 7) is 4.41. The van der Waals surface area contributed by atoms with E-state index in [2.05, 4.69) is 41.7 Å². The van der Waals surface area contributed by atoms with E-state index in [0.29, 0.717) is 18.2 Å². The summed E-state index contributed by atoms with van der Waals surface area (Å²) in [5, 5.41) is 7.42. The summed E-state index contributed by atoms with van der Waals surface area (Å²) in [5.74, 6) is 1.30. The number of hydrogen-bond donors (Lipinski definition) is 1. The molecule has 1 unspecified atom stereocenters. The molecule has 5 heteroatoms. The quantitative estimate of drug-likeness (QED) is 0.939. The number of benzene rings is 1. The highest BCUT2D eigenvalue weighted by molar-refractivity contribution is 5.92. The van der Waals surface area contributed by atoms with Gasteiger partial charge in [0.25, 0.3) is 5.91 Å². The van der Waals surface area contributed by atoms with Gasteiger partial charge < -0.3 is 14.7 Å². The molecule has 1 aliphatic carbocycles. The Balaban J connectivity index is 1.56.